The van der Waals surface area contributed by atoms with Gasteiger partial charge in [-0.15, -0.1) is 0 Å². The maximum Gasteiger partial charge on any atom is 0.128 e. The third-order valence-corrected chi connectivity index (χ3v) is 2.56. The van der Waals surface area contributed by atoms with Gasteiger partial charge >= 0.3 is 0 Å². The predicted octanol–water partition coefficient (Wildman–Crippen LogP) is 3.19. The summed E-state index contributed by atoms with van der Waals surface area (Å²) in [4.78, 5) is 0. The maximum absolute atomic E-state index is 13.2. The SMILES string of the molecule is Cc1cc(NCCCOCC(C)C)c(N)cc1F. The van der Waals surface area contributed by atoms with Crippen LogP contribution in [0.5, 0.6) is 0 Å². The zero-order valence-electron chi connectivity index (χ0n) is 11.4. The van der Waals surface area contributed by atoms with Crippen molar-refractivity contribution in [3.63, 3.8) is 0 Å². The van der Waals surface area contributed by atoms with E-state index in [1.807, 2.05) is 0 Å². The van der Waals surface area contributed by atoms with Crippen molar-refractivity contribution in [2.75, 3.05) is 30.8 Å². The molecule has 102 valence electrons. The number of nitrogens with one attached hydrogen (secondary N) is 1. The molecule has 0 saturated heterocycles. The van der Waals surface area contributed by atoms with Gasteiger partial charge in [0.15, 0.2) is 0 Å². The normalized spacial score (nSPS) is 10.9. The van der Waals surface area contributed by atoms with E-state index in [2.05, 4.69) is 19.2 Å². The highest BCUT2D eigenvalue weighted by Gasteiger charge is 2.04. The minimum atomic E-state index is -0.265. The van der Waals surface area contributed by atoms with Gasteiger partial charge in [-0.3, -0.25) is 0 Å². The van der Waals surface area contributed by atoms with Gasteiger partial charge in [-0.25, -0.2) is 4.39 Å². The molecule has 0 aliphatic heterocycles. The molecule has 0 aliphatic rings. The van der Waals surface area contributed by atoms with Gasteiger partial charge in [0.1, 0.15) is 5.82 Å². The Labute approximate surface area is 109 Å². The van der Waals surface area contributed by atoms with Gasteiger partial charge in [-0.05, 0) is 37.0 Å². The largest absolute Gasteiger partial charge is 0.397 e. The van der Waals surface area contributed by atoms with Gasteiger partial charge in [-0.1, -0.05) is 13.8 Å². The summed E-state index contributed by atoms with van der Waals surface area (Å²) in [7, 11) is 0. The third-order valence-electron chi connectivity index (χ3n) is 2.56. The number of hydrogen-bond donors (Lipinski definition) is 2. The first kappa shape index (κ1) is 14.8. The molecule has 1 aromatic rings. The number of anilines is 2. The number of hydrogen-bond acceptors (Lipinski definition) is 3. The molecule has 0 spiro atoms. The molecule has 3 nitrogen and oxygen atoms in total. The first-order chi connectivity index (χ1) is 8.50. The van der Waals surface area contributed by atoms with Gasteiger partial charge in [0.2, 0.25) is 0 Å². The molecule has 0 aromatic heterocycles. The summed E-state index contributed by atoms with van der Waals surface area (Å²) in [5, 5.41) is 3.20. The number of aryl methyl sites for hydroxylation is 1. The molecule has 0 amide bonds. The summed E-state index contributed by atoms with van der Waals surface area (Å²) in [5.41, 5.74) is 7.57. The lowest BCUT2D eigenvalue weighted by molar-refractivity contribution is 0.110. The highest BCUT2D eigenvalue weighted by molar-refractivity contribution is 5.67. The Hall–Kier alpha value is -1.29. The van der Waals surface area contributed by atoms with Crippen LogP contribution in [0.4, 0.5) is 15.8 Å². The Morgan fingerprint density at radius 1 is 1.39 bits per heavy atom. The molecule has 0 atom stereocenters. The second-order valence-electron chi connectivity index (χ2n) is 4.94. The van der Waals surface area contributed by atoms with E-state index in [0.717, 1.165) is 31.9 Å². The lowest BCUT2D eigenvalue weighted by Crippen LogP contribution is -2.09. The van der Waals surface area contributed by atoms with E-state index in [0.29, 0.717) is 17.2 Å². The number of rotatable bonds is 7. The fourth-order valence-electron chi connectivity index (χ4n) is 1.57. The second kappa shape index (κ2) is 7.21. The average Bonchev–Trinajstić information content (AvgIpc) is 2.29. The topological polar surface area (TPSA) is 47.3 Å². The highest BCUT2D eigenvalue weighted by Crippen LogP contribution is 2.22. The predicted molar refractivity (Wildman–Crippen MR) is 74.3 cm³/mol. The molecule has 4 heteroatoms. The quantitative estimate of drug-likeness (QED) is 0.580. The Bertz CT molecular complexity index is 380. The van der Waals surface area contributed by atoms with Crippen LogP contribution in [0.2, 0.25) is 0 Å². The smallest absolute Gasteiger partial charge is 0.128 e. The number of halogens is 1. The zero-order chi connectivity index (χ0) is 13.5. The van der Waals surface area contributed by atoms with Gasteiger partial charge < -0.3 is 15.8 Å². The Kier molecular flexibility index (Phi) is 5.92. The summed E-state index contributed by atoms with van der Waals surface area (Å²) >= 11 is 0. The third kappa shape index (κ3) is 4.92. The Morgan fingerprint density at radius 3 is 2.78 bits per heavy atom. The molecule has 1 aromatic carbocycles. The van der Waals surface area contributed by atoms with Gasteiger partial charge in [-0.2, -0.15) is 0 Å². The molecule has 0 fully saturated rings. The number of nitrogen functional groups attached to an aromatic ring is 1. The summed E-state index contributed by atoms with van der Waals surface area (Å²) in [5.74, 6) is 0.298. The molecule has 0 unspecified atom stereocenters. The van der Waals surface area contributed by atoms with Crippen LogP contribution in [0.1, 0.15) is 25.8 Å². The maximum atomic E-state index is 13.2. The lowest BCUT2D eigenvalue weighted by Gasteiger charge is -2.11. The molecule has 1 rings (SSSR count). The standard InChI is InChI=1S/C14H23FN2O/c1-10(2)9-18-6-4-5-17-14-7-11(3)12(15)8-13(14)16/h7-8,10,17H,4-6,9,16H2,1-3H3. The number of ether oxygens (including phenoxy) is 1. The number of nitrogens with two attached hydrogens (primary N) is 1. The van der Waals surface area contributed by atoms with Crippen LogP contribution < -0.4 is 11.1 Å². The van der Waals surface area contributed by atoms with Gasteiger partial charge in [0, 0.05) is 19.8 Å². The first-order valence-electron chi connectivity index (χ1n) is 6.38. The average molecular weight is 254 g/mol. The Morgan fingerprint density at radius 2 is 2.11 bits per heavy atom. The molecule has 0 aliphatic carbocycles. The van der Waals surface area contributed by atoms with E-state index in [9.17, 15) is 4.39 Å². The fourth-order valence-corrected chi connectivity index (χ4v) is 1.57. The van der Waals surface area contributed by atoms with E-state index in [1.54, 1.807) is 13.0 Å². The van der Waals surface area contributed by atoms with Crippen molar-refractivity contribution in [3.8, 4) is 0 Å². The van der Waals surface area contributed by atoms with Crippen LogP contribution in [0.25, 0.3) is 0 Å². The van der Waals surface area contributed by atoms with E-state index in [4.69, 9.17) is 10.5 Å². The van der Waals surface area contributed by atoms with Crippen LogP contribution in [-0.2, 0) is 4.74 Å². The van der Waals surface area contributed by atoms with Crippen molar-refractivity contribution in [2.45, 2.75) is 27.2 Å². The molecule has 0 bridgehead atoms. The second-order valence-corrected chi connectivity index (χ2v) is 4.94. The Balaban J connectivity index is 2.29. The minimum absolute atomic E-state index is 0.265. The lowest BCUT2D eigenvalue weighted by atomic mass is 10.2. The fraction of sp³-hybridized carbons (Fsp3) is 0.571. The first-order valence-corrected chi connectivity index (χ1v) is 6.38. The van der Waals surface area contributed by atoms with E-state index in [1.165, 1.54) is 6.07 Å². The molecule has 18 heavy (non-hydrogen) atoms. The van der Waals surface area contributed by atoms with Crippen LogP contribution >= 0.6 is 0 Å². The molecule has 0 radical (unpaired) electrons. The highest BCUT2D eigenvalue weighted by atomic mass is 19.1. The summed E-state index contributed by atoms with van der Waals surface area (Å²) in [6.45, 7) is 8.27. The van der Waals surface area contributed by atoms with Crippen LogP contribution in [-0.4, -0.2) is 19.8 Å². The van der Waals surface area contributed by atoms with Crippen molar-refractivity contribution in [1.29, 1.82) is 0 Å². The van der Waals surface area contributed by atoms with Gasteiger partial charge in [0.05, 0.1) is 11.4 Å². The summed E-state index contributed by atoms with van der Waals surface area (Å²) in [6, 6.07) is 3.09. The van der Waals surface area contributed by atoms with Crippen molar-refractivity contribution >= 4 is 11.4 Å². The number of benzene rings is 1. The molecular formula is C14H23FN2O. The monoisotopic (exact) mass is 254 g/mol. The van der Waals surface area contributed by atoms with E-state index in [-0.39, 0.29) is 5.82 Å². The zero-order valence-corrected chi connectivity index (χ0v) is 11.4. The minimum Gasteiger partial charge on any atom is -0.397 e. The van der Waals surface area contributed by atoms with E-state index < -0.39 is 0 Å². The van der Waals surface area contributed by atoms with Gasteiger partial charge in [0.25, 0.3) is 0 Å². The van der Waals surface area contributed by atoms with Crippen molar-refractivity contribution < 1.29 is 9.13 Å². The van der Waals surface area contributed by atoms with E-state index >= 15 is 0 Å². The summed E-state index contributed by atoms with van der Waals surface area (Å²) < 4.78 is 18.7. The molecule has 0 saturated carbocycles. The van der Waals surface area contributed by atoms with Crippen LogP contribution in [0.3, 0.4) is 0 Å². The molecule has 0 heterocycles. The molecular weight excluding hydrogens is 231 g/mol. The van der Waals surface area contributed by atoms with Crippen LogP contribution in [0.15, 0.2) is 12.1 Å². The van der Waals surface area contributed by atoms with Crippen molar-refractivity contribution in [3.05, 3.63) is 23.5 Å². The van der Waals surface area contributed by atoms with Crippen LogP contribution in [0, 0.1) is 18.7 Å². The molecule has 3 N–H and O–H groups in total. The van der Waals surface area contributed by atoms with Crippen molar-refractivity contribution in [2.24, 2.45) is 5.92 Å². The summed E-state index contributed by atoms with van der Waals surface area (Å²) in [6.07, 6.45) is 0.905. The van der Waals surface area contributed by atoms with Crippen molar-refractivity contribution in [1.82, 2.24) is 0 Å².